The number of aromatic nitrogens is 4. The van der Waals surface area contributed by atoms with Crippen LogP contribution in [-0.2, 0) is 0 Å². The molecule has 0 amide bonds. The molecule has 35 heavy (non-hydrogen) atoms. The van der Waals surface area contributed by atoms with E-state index in [4.69, 9.17) is 10.5 Å². The number of alkyl halides is 3. The topological polar surface area (TPSA) is 81.6 Å². The third kappa shape index (κ3) is 5.02. The molecule has 0 radical (unpaired) electrons. The maximum atomic E-state index is 14.2. The molecule has 1 aliphatic rings. The number of para-hydroxylation sites is 1. The molecule has 1 aliphatic heterocycles. The SMILES string of the molecule is COc1cccc2ccc(-c3nnc4ccc([C@H](N5CCC(C)(N)C5)C(F)(F)F)cn34)nc12.Cl.Cl. The third-order valence-corrected chi connectivity index (χ3v) is 6.08. The molecule has 1 aromatic carbocycles. The number of likely N-dealkylation sites (tertiary alicyclic amines) is 1. The molecule has 2 atom stereocenters. The van der Waals surface area contributed by atoms with Gasteiger partial charge in [0.25, 0.3) is 0 Å². The quantitative estimate of drug-likeness (QED) is 0.408. The molecule has 0 saturated carbocycles. The molecule has 0 spiro atoms. The molecule has 4 heterocycles. The van der Waals surface area contributed by atoms with Crippen molar-refractivity contribution in [1.29, 1.82) is 0 Å². The number of ether oxygens (including phenoxy) is 1. The Bertz CT molecular complexity index is 1340. The largest absolute Gasteiger partial charge is 0.494 e. The number of nitrogens with zero attached hydrogens (tertiary/aromatic N) is 5. The first kappa shape index (κ1) is 26.9. The molecule has 12 heteroatoms. The summed E-state index contributed by atoms with van der Waals surface area (Å²) in [7, 11) is 1.56. The van der Waals surface area contributed by atoms with Crippen molar-refractivity contribution in [2.75, 3.05) is 20.2 Å². The lowest BCUT2D eigenvalue weighted by molar-refractivity contribution is -0.184. The zero-order valence-corrected chi connectivity index (χ0v) is 20.6. The summed E-state index contributed by atoms with van der Waals surface area (Å²) in [4.78, 5) is 6.05. The van der Waals surface area contributed by atoms with Gasteiger partial charge in [-0.2, -0.15) is 13.2 Å². The van der Waals surface area contributed by atoms with Crippen LogP contribution in [0, 0.1) is 0 Å². The predicted molar refractivity (Wildman–Crippen MR) is 132 cm³/mol. The number of nitrogens with two attached hydrogens (primary N) is 1. The fourth-order valence-corrected chi connectivity index (χ4v) is 4.50. The van der Waals surface area contributed by atoms with Gasteiger partial charge in [0.1, 0.15) is 23.0 Å². The van der Waals surface area contributed by atoms with Gasteiger partial charge in [-0.05, 0) is 37.1 Å². The molecule has 1 fully saturated rings. The number of fused-ring (bicyclic) bond motifs is 2. The van der Waals surface area contributed by atoms with E-state index in [1.165, 1.54) is 17.2 Å². The second-order valence-corrected chi connectivity index (χ2v) is 8.76. The first-order valence-corrected chi connectivity index (χ1v) is 10.5. The normalized spacial score (nSPS) is 19.4. The number of rotatable bonds is 4. The number of methoxy groups -OCH3 is 1. The van der Waals surface area contributed by atoms with E-state index in [2.05, 4.69) is 15.2 Å². The van der Waals surface area contributed by atoms with Gasteiger partial charge >= 0.3 is 6.18 Å². The monoisotopic (exact) mass is 528 g/mol. The van der Waals surface area contributed by atoms with Crippen molar-refractivity contribution < 1.29 is 17.9 Å². The van der Waals surface area contributed by atoms with Crippen LogP contribution in [0.25, 0.3) is 28.1 Å². The van der Waals surface area contributed by atoms with Gasteiger partial charge in [-0.3, -0.25) is 9.30 Å². The molecule has 1 saturated heterocycles. The van der Waals surface area contributed by atoms with Crippen LogP contribution in [0.1, 0.15) is 24.9 Å². The van der Waals surface area contributed by atoms with Crippen molar-refractivity contribution in [3.05, 3.63) is 54.2 Å². The Morgan fingerprint density at radius 2 is 1.86 bits per heavy atom. The van der Waals surface area contributed by atoms with Gasteiger partial charge in [-0.15, -0.1) is 35.0 Å². The van der Waals surface area contributed by atoms with Crippen molar-refractivity contribution in [3.8, 4) is 17.3 Å². The molecule has 4 aromatic rings. The lowest BCUT2D eigenvalue weighted by atomic mass is 10.0. The van der Waals surface area contributed by atoms with E-state index in [-0.39, 0.29) is 43.5 Å². The summed E-state index contributed by atoms with van der Waals surface area (Å²) < 4.78 is 49.5. The zero-order valence-electron chi connectivity index (χ0n) is 19.0. The van der Waals surface area contributed by atoms with Crippen molar-refractivity contribution in [3.63, 3.8) is 0 Å². The van der Waals surface area contributed by atoms with Crippen LogP contribution in [0.4, 0.5) is 13.2 Å². The summed E-state index contributed by atoms with van der Waals surface area (Å²) in [5, 5.41) is 9.21. The van der Waals surface area contributed by atoms with Crippen LogP contribution in [0.3, 0.4) is 0 Å². The summed E-state index contributed by atoms with van der Waals surface area (Å²) in [6, 6.07) is 10.4. The van der Waals surface area contributed by atoms with Crippen LogP contribution < -0.4 is 10.5 Å². The predicted octanol–water partition coefficient (Wildman–Crippen LogP) is 4.82. The second kappa shape index (κ2) is 9.77. The molecular formula is C23H25Cl2F3N6O. The van der Waals surface area contributed by atoms with Crippen LogP contribution >= 0.6 is 24.8 Å². The maximum Gasteiger partial charge on any atom is 0.408 e. The van der Waals surface area contributed by atoms with E-state index in [0.29, 0.717) is 34.9 Å². The van der Waals surface area contributed by atoms with Crippen LogP contribution in [-0.4, -0.2) is 56.4 Å². The Morgan fingerprint density at radius 1 is 1.09 bits per heavy atom. The molecule has 1 unspecified atom stereocenters. The number of benzene rings is 1. The van der Waals surface area contributed by atoms with E-state index >= 15 is 0 Å². The van der Waals surface area contributed by atoms with Crippen LogP contribution in [0.2, 0.25) is 0 Å². The Kier molecular flexibility index (Phi) is 7.52. The maximum absolute atomic E-state index is 14.2. The molecule has 0 bridgehead atoms. The summed E-state index contributed by atoms with van der Waals surface area (Å²) in [6.45, 7) is 2.22. The first-order valence-electron chi connectivity index (χ1n) is 10.5. The highest BCUT2D eigenvalue weighted by Gasteiger charge is 2.48. The van der Waals surface area contributed by atoms with Crippen LogP contribution in [0.5, 0.6) is 5.75 Å². The highest BCUT2D eigenvalue weighted by atomic mass is 35.5. The average molecular weight is 529 g/mol. The van der Waals surface area contributed by atoms with Gasteiger partial charge in [0.2, 0.25) is 0 Å². The molecule has 188 valence electrons. The van der Waals surface area contributed by atoms with Crippen molar-refractivity contribution in [1.82, 2.24) is 24.5 Å². The lowest BCUT2D eigenvalue weighted by Gasteiger charge is -2.31. The Morgan fingerprint density at radius 3 is 2.51 bits per heavy atom. The zero-order chi connectivity index (χ0) is 23.4. The number of pyridine rings is 2. The van der Waals surface area contributed by atoms with Crippen molar-refractivity contribution in [2.45, 2.75) is 31.1 Å². The van der Waals surface area contributed by atoms with E-state index in [9.17, 15) is 13.2 Å². The van der Waals surface area contributed by atoms with Crippen molar-refractivity contribution in [2.24, 2.45) is 5.73 Å². The molecule has 3 aromatic heterocycles. The standard InChI is InChI=1S/C23H23F3N6O.2ClH/c1-22(27)10-11-31(13-22)20(23(24,25)26)15-7-9-18-29-30-21(32(18)12-15)16-8-6-14-4-3-5-17(33-2)19(14)28-16;;/h3-9,12,20H,10-11,13,27H2,1-2H3;2*1H/t20-,22?;;/m0../s1. The van der Waals surface area contributed by atoms with Gasteiger partial charge in [0.05, 0.1) is 7.11 Å². The molecule has 5 rings (SSSR count). The number of halogens is 5. The minimum absolute atomic E-state index is 0. The van der Waals surface area contributed by atoms with Gasteiger partial charge < -0.3 is 10.5 Å². The van der Waals surface area contributed by atoms with Crippen LogP contribution in [0.15, 0.2) is 48.7 Å². The number of hydrogen-bond donors (Lipinski definition) is 1. The lowest BCUT2D eigenvalue weighted by Crippen LogP contribution is -2.43. The Hall–Kier alpha value is -2.66. The minimum atomic E-state index is -4.46. The van der Waals surface area contributed by atoms with Gasteiger partial charge in [0, 0.05) is 30.2 Å². The smallest absolute Gasteiger partial charge is 0.408 e. The minimum Gasteiger partial charge on any atom is -0.494 e. The average Bonchev–Trinajstić information content (AvgIpc) is 3.34. The molecule has 0 aliphatic carbocycles. The summed E-state index contributed by atoms with van der Waals surface area (Å²) in [5.41, 5.74) is 7.12. The molecule has 2 N–H and O–H groups in total. The third-order valence-electron chi connectivity index (χ3n) is 6.08. The second-order valence-electron chi connectivity index (χ2n) is 8.76. The first-order chi connectivity index (χ1) is 15.7. The summed E-state index contributed by atoms with van der Waals surface area (Å²) in [5.74, 6) is 0.950. The Balaban J connectivity index is 0.00000171. The van der Waals surface area contributed by atoms with Gasteiger partial charge in [-0.1, -0.05) is 24.3 Å². The fourth-order valence-electron chi connectivity index (χ4n) is 4.50. The summed E-state index contributed by atoms with van der Waals surface area (Å²) >= 11 is 0. The van der Waals surface area contributed by atoms with E-state index in [0.717, 1.165) is 5.39 Å². The highest BCUT2D eigenvalue weighted by Crippen LogP contribution is 2.41. The van der Waals surface area contributed by atoms with E-state index in [1.54, 1.807) is 36.6 Å². The van der Waals surface area contributed by atoms with E-state index < -0.39 is 17.8 Å². The molecular weight excluding hydrogens is 504 g/mol. The van der Waals surface area contributed by atoms with E-state index in [1.807, 2.05) is 18.2 Å². The van der Waals surface area contributed by atoms with Crippen molar-refractivity contribution >= 4 is 41.4 Å². The summed E-state index contributed by atoms with van der Waals surface area (Å²) in [6.07, 6.45) is -2.51. The highest BCUT2D eigenvalue weighted by molar-refractivity contribution is 5.86. The van der Waals surface area contributed by atoms with Gasteiger partial charge in [-0.25, -0.2) is 4.98 Å². The Labute approximate surface area is 212 Å². The number of hydrogen-bond acceptors (Lipinski definition) is 6. The molecule has 7 nitrogen and oxygen atoms in total. The van der Waals surface area contributed by atoms with Gasteiger partial charge in [0.15, 0.2) is 11.5 Å². The fraction of sp³-hybridized carbons (Fsp3) is 0.348.